The number of hydrogen-bond donors (Lipinski definition) is 0. The maximum atomic E-state index is 12.9. The number of aromatic nitrogens is 4. The first-order valence-corrected chi connectivity index (χ1v) is 10.9. The van der Waals surface area contributed by atoms with Gasteiger partial charge < -0.3 is 9.64 Å². The molecular weight excluding hydrogens is 448 g/mol. The number of benzene rings is 1. The summed E-state index contributed by atoms with van der Waals surface area (Å²) in [5.41, 5.74) is 0.727. The Morgan fingerprint density at radius 1 is 1.07 bits per heavy atom. The second-order valence-electron chi connectivity index (χ2n) is 6.38. The third-order valence-electron chi connectivity index (χ3n) is 4.79. The first-order chi connectivity index (χ1) is 13.4. The van der Waals surface area contributed by atoms with Crippen LogP contribution in [-0.4, -0.2) is 65.8 Å². The van der Waals surface area contributed by atoms with Crippen LogP contribution >= 0.6 is 15.9 Å². The lowest BCUT2D eigenvalue weighted by atomic mass is 10.3. The van der Waals surface area contributed by atoms with E-state index in [0.717, 1.165) is 16.9 Å². The molecule has 28 heavy (non-hydrogen) atoms. The monoisotopic (exact) mass is 466 g/mol. The summed E-state index contributed by atoms with van der Waals surface area (Å²) in [5.74, 6) is 1.38. The van der Waals surface area contributed by atoms with Crippen LogP contribution in [0.1, 0.15) is 0 Å². The fourth-order valence-electron chi connectivity index (χ4n) is 3.30. The van der Waals surface area contributed by atoms with Crippen molar-refractivity contribution in [3.05, 3.63) is 35.2 Å². The molecule has 3 heterocycles. The fraction of sp³-hybridized carbons (Fsp3) is 0.353. The molecule has 0 unspecified atom stereocenters. The summed E-state index contributed by atoms with van der Waals surface area (Å²) in [7, 11) is -0.175. The number of ether oxygens (including phenoxy) is 1. The third-order valence-corrected chi connectivity index (χ3v) is 7.26. The van der Waals surface area contributed by atoms with Gasteiger partial charge in [0, 0.05) is 33.2 Å². The standard InChI is InChI=1S/C17H19BrN6O3S/c1-22-16-14(15(18)21-22)17(20-11-19-16)23-7-9-24(10-8-23)28(25,26)13-5-3-12(27-2)4-6-13/h3-6,11H,7-10H2,1-2H3. The minimum Gasteiger partial charge on any atom is -0.497 e. The molecule has 0 N–H and O–H groups in total. The lowest BCUT2D eigenvalue weighted by Crippen LogP contribution is -2.49. The van der Waals surface area contributed by atoms with Crippen molar-refractivity contribution in [1.82, 2.24) is 24.1 Å². The van der Waals surface area contributed by atoms with Crippen molar-refractivity contribution in [1.29, 1.82) is 0 Å². The largest absolute Gasteiger partial charge is 0.497 e. The highest BCUT2D eigenvalue weighted by molar-refractivity contribution is 9.10. The molecule has 0 bridgehead atoms. The summed E-state index contributed by atoms with van der Waals surface area (Å²) >= 11 is 3.47. The van der Waals surface area contributed by atoms with Gasteiger partial charge in [0.05, 0.1) is 17.4 Å². The quantitative estimate of drug-likeness (QED) is 0.576. The highest BCUT2D eigenvalue weighted by Crippen LogP contribution is 2.30. The number of piperazine rings is 1. The average molecular weight is 467 g/mol. The van der Waals surface area contributed by atoms with Crippen molar-refractivity contribution in [3.8, 4) is 5.75 Å². The first kappa shape index (κ1) is 19.1. The molecule has 9 nitrogen and oxygen atoms in total. The van der Waals surface area contributed by atoms with Crippen molar-refractivity contribution in [2.75, 3.05) is 38.2 Å². The molecule has 0 radical (unpaired) electrons. The van der Waals surface area contributed by atoms with Gasteiger partial charge in [0.2, 0.25) is 10.0 Å². The van der Waals surface area contributed by atoms with E-state index in [1.807, 2.05) is 7.05 Å². The minimum atomic E-state index is -3.55. The van der Waals surface area contributed by atoms with E-state index in [9.17, 15) is 8.42 Å². The maximum absolute atomic E-state index is 12.9. The smallest absolute Gasteiger partial charge is 0.243 e. The van der Waals surface area contributed by atoms with Gasteiger partial charge in [0.15, 0.2) is 5.65 Å². The number of halogens is 1. The Morgan fingerprint density at radius 2 is 1.75 bits per heavy atom. The van der Waals surface area contributed by atoms with Crippen LogP contribution in [0.5, 0.6) is 5.75 Å². The molecule has 1 saturated heterocycles. The number of fused-ring (bicyclic) bond motifs is 1. The van der Waals surface area contributed by atoms with Crippen LogP contribution in [-0.2, 0) is 17.1 Å². The Bertz CT molecular complexity index is 1110. The number of aryl methyl sites for hydroxylation is 1. The van der Waals surface area contributed by atoms with Crippen LogP contribution in [0.2, 0.25) is 0 Å². The molecule has 3 aromatic rings. The predicted octanol–water partition coefficient (Wildman–Crippen LogP) is 1.65. The third kappa shape index (κ3) is 3.23. The van der Waals surface area contributed by atoms with Crippen molar-refractivity contribution in [2.24, 2.45) is 7.05 Å². The summed E-state index contributed by atoms with van der Waals surface area (Å²) in [4.78, 5) is 11.0. The topological polar surface area (TPSA) is 93.5 Å². The number of anilines is 1. The molecule has 1 aliphatic heterocycles. The Hall–Kier alpha value is -2.24. The van der Waals surface area contributed by atoms with Gasteiger partial charge in [0.25, 0.3) is 0 Å². The van der Waals surface area contributed by atoms with Gasteiger partial charge in [-0.25, -0.2) is 23.1 Å². The molecule has 0 spiro atoms. The zero-order chi connectivity index (χ0) is 19.9. The SMILES string of the molecule is COc1ccc(S(=O)(=O)N2CCN(c3ncnc4c3c(Br)nn4C)CC2)cc1. The molecule has 1 fully saturated rings. The van der Waals surface area contributed by atoms with Crippen molar-refractivity contribution in [3.63, 3.8) is 0 Å². The maximum Gasteiger partial charge on any atom is 0.243 e. The molecule has 0 saturated carbocycles. The van der Waals surface area contributed by atoms with Gasteiger partial charge in [-0.15, -0.1) is 0 Å². The molecule has 1 aliphatic rings. The Balaban J connectivity index is 1.55. The molecular formula is C17H19BrN6O3S. The van der Waals surface area contributed by atoms with Crippen LogP contribution in [0.15, 0.2) is 40.1 Å². The van der Waals surface area contributed by atoms with Gasteiger partial charge in [0.1, 0.15) is 22.5 Å². The average Bonchev–Trinajstić information content (AvgIpc) is 3.02. The molecule has 0 aliphatic carbocycles. The predicted molar refractivity (Wildman–Crippen MR) is 108 cm³/mol. The molecule has 1 aromatic carbocycles. The molecule has 148 valence electrons. The lowest BCUT2D eigenvalue weighted by molar-refractivity contribution is 0.384. The van der Waals surface area contributed by atoms with Crippen LogP contribution in [0, 0.1) is 0 Å². The second kappa shape index (κ2) is 7.30. The number of rotatable bonds is 4. The van der Waals surface area contributed by atoms with Crippen molar-refractivity contribution < 1.29 is 13.2 Å². The summed E-state index contributed by atoms with van der Waals surface area (Å²) in [6.07, 6.45) is 1.51. The van der Waals surface area contributed by atoms with Crippen LogP contribution in [0.3, 0.4) is 0 Å². The summed E-state index contributed by atoms with van der Waals surface area (Å²) in [6, 6.07) is 6.45. The Morgan fingerprint density at radius 3 is 2.39 bits per heavy atom. The molecule has 4 rings (SSSR count). The van der Waals surface area contributed by atoms with E-state index in [2.05, 4.69) is 35.9 Å². The zero-order valence-electron chi connectivity index (χ0n) is 15.4. The minimum absolute atomic E-state index is 0.265. The van der Waals surface area contributed by atoms with Crippen molar-refractivity contribution >= 4 is 42.8 Å². The van der Waals surface area contributed by atoms with Crippen LogP contribution in [0.4, 0.5) is 5.82 Å². The normalized spacial score (nSPS) is 15.9. The highest BCUT2D eigenvalue weighted by Gasteiger charge is 2.30. The van der Waals surface area contributed by atoms with Crippen LogP contribution < -0.4 is 9.64 Å². The van der Waals surface area contributed by atoms with E-state index in [4.69, 9.17) is 4.74 Å². The number of hydrogen-bond acceptors (Lipinski definition) is 7. The summed E-state index contributed by atoms with van der Waals surface area (Å²) in [5, 5.41) is 5.17. The van der Waals surface area contributed by atoms with E-state index in [-0.39, 0.29) is 4.90 Å². The summed E-state index contributed by atoms with van der Waals surface area (Å²) < 4.78 is 34.8. The number of sulfonamides is 1. The molecule has 11 heteroatoms. The fourth-order valence-corrected chi connectivity index (χ4v) is 5.32. The molecule has 0 atom stereocenters. The summed E-state index contributed by atoms with van der Waals surface area (Å²) in [6.45, 7) is 1.81. The zero-order valence-corrected chi connectivity index (χ0v) is 17.8. The highest BCUT2D eigenvalue weighted by atomic mass is 79.9. The van der Waals surface area contributed by atoms with Gasteiger partial charge >= 0.3 is 0 Å². The van der Waals surface area contributed by atoms with Gasteiger partial charge in [-0.05, 0) is 40.2 Å². The van der Waals surface area contributed by atoms with E-state index < -0.39 is 10.0 Å². The van der Waals surface area contributed by atoms with E-state index in [1.165, 1.54) is 10.6 Å². The number of nitrogens with zero attached hydrogens (tertiary/aromatic N) is 6. The van der Waals surface area contributed by atoms with Crippen molar-refractivity contribution in [2.45, 2.75) is 4.90 Å². The van der Waals surface area contributed by atoms with Gasteiger partial charge in [-0.2, -0.15) is 9.40 Å². The van der Waals surface area contributed by atoms with E-state index >= 15 is 0 Å². The molecule has 2 aromatic heterocycles. The molecule has 0 amide bonds. The lowest BCUT2D eigenvalue weighted by Gasteiger charge is -2.34. The van der Waals surface area contributed by atoms with Gasteiger partial charge in [-0.3, -0.25) is 0 Å². The number of methoxy groups -OCH3 is 1. The van der Waals surface area contributed by atoms with Crippen LogP contribution in [0.25, 0.3) is 11.0 Å². The van der Waals surface area contributed by atoms with E-state index in [1.54, 1.807) is 36.1 Å². The van der Waals surface area contributed by atoms with Gasteiger partial charge in [-0.1, -0.05) is 0 Å². The Kier molecular flexibility index (Phi) is 4.98. The van der Waals surface area contributed by atoms with E-state index in [0.29, 0.717) is 36.5 Å². The first-order valence-electron chi connectivity index (χ1n) is 8.64. The Labute approximate surface area is 171 Å². The second-order valence-corrected chi connectivity index (χ2v) is 9.07.